The second kappa shape index (κ2) is 10.4. The highest BCUT2D eigenvalue weighted by atomic mass is 35.5. The van der Waals surface area contributed by atoms with Crippen molar-refractivity contribution >= 4 is 44.1 Å². The predicted molar refractivity (Wildman–Crippen MR) is 137 cm³/mol. The standard InChI is InChI=1S/C25H24Cl2N2O5S/c1-16(2)17-7-10-19(11-8-17)35(30,31)29-23-12-9-18(32-3)15-20(23)25(28-29)34-14-13-33-24-21(26)5-4-6-22(24)27/h4-12,15-16H,13-14H2,1-3H3. The lowest BCUT2D eigenvalue weighted by Gasteiger charge is -2.10. The van der Waals surface area contributed by atoms with Crippen LogP contribution in [-0.2, 0) is 10.0 Å². The van der Waals surface area contributed by atoms with Crippen LogP contribution in [0.25, 0.3) is 10.9 Å². The fraction of sp³-hybridized carbons (Fsp3) is 0.240. The van der Waals surface area contributed by atoms with Crippen molar-refractivity contribution in [3.05, 3.63) is 76.3 Å². The van der Waals surface area contributed by atoms with E-state index in [2.05, 4.69) is 5.10 Å². The summed E-state index contributed by atoms with van der Waals surface area (Å²) in [6.07, 6.45) is 0. The Morgan fingerprint density at radius 2 is 1.60 bits per heavy atom. The van der Waals surface area contributed by atoms with Crippen LogP contribution in [-0.4, -0.2) is 37.9 Å². The number of methoxy groups -OCH3 is 1. The number of aromatic nitrogens is 2. The van der Waals surface area contributed by atoms with E-state index >= 15 is 0 Å². The molecule has 0 fully saturated rings. The van der Waals surface area contributed by atoms with E-state index < -0.39 is 10.0 Å². The van der Waals surface area contributed by atoms with Crippen LogP contribution in [0.15, 0.2) is 65.6 Å². The zero-order valence-electron chi connectivity index (χ0n) is 19.4. The van der Waals surface area contributed by atoms with E-state index in [1.54, 1.807) is 60.7 Å². The van der Waals surface area contributed by atoms with Crippen LogP contribution in [0.4, 0.5) is 0 Å². The Bertz CT molecular complexity index is 1430. The third-order valence-electron chi connectivity index (χ3n) is 5.38. The number of nitrogens with zero attached hydrogens (tertiary/aromatic N) is 2. The lowest BCUT2D eigenvalue weighted by molar-refractivity contribution is 0.213. The van der Waals surface area contributed by atoms with E-state index in [9.17, 15) is 8.42 Å². The molecule has 0 saturated heterocycles. The molecule has 0 spiro atoms. The number of para-hydroxylation sites is 1. The number of rotatable bonds is 9. The normalized spacial score (nSPS) is 11.7. The summed E-state index contributed by atoms with van der Waals surface area (Å²) in [5.74, 6) is 1.31. The summed E-state index contributed by atoms with van der Waals surface area (Å²) in [5, 5.41) is 5.54. The molecule has 0 amide bonds. The molecule has 1 aromatic heterocycles. The molecule has 0 aliphatic carbocycles. The minimum atomic E-state index is -3.97. The van der Waals surface area contributed by atoms with Crippen LogP contribution in [0.2, 0.25) is 10.0 Å². The molecule has 0 aliphatic heterocycles. The summed E-state index contributed by atoms with van der Waals surface area (Å²) in [4.78, 5) is 0.130. The molecule has 4 rings (SSSR count). The number of benzene rings is 3. The molecule has 0 radical (unpaired) electrons. The summed E-state index contributed by atoms with van der Waals surface area (Å²) in [6.45, 7) is 4.29. The average Bonchev–Trinajstić information content (AvgIpc) is 3.22. The first-order chi connectivity index (χ1) is 16.7. The quantitative estimate of drug-likeness (QED) is 0.239. The summed E-state index contributed by atoms with van der Waals surface area (Å²) in [5.41, 5.74) is 1.41. The van der Waals surface area contributed by atoms with Gasteiger partial charge in [0.2, 0.25) is 5.88 Å². The van der Waals surface area contributed by atoms with E-state index in [0.29, 0.717) is 32.4 Å². The molecule has 0 atom stereocenters. The first-order valence-electron chi connectivity index (χ1n) is 10.8. The van der Waals surface area contributed by atoms with E-state index in [0.717, 1.165) is 9.65 Å². The summed E-state index contributed by atoms with van der Waals surface area (Å²) < 4.78 is 44.7. The maximum Gasteiger partial charge on any atom is 0.283 e. The monoisotopic (exact) mass is 534 g/mol. The lowest BCUT2D eigenvalue weighted by Crippen LogP contribution is -2.15. The van der Waals surface area contributed by atoms with Gasteiger partial charge in [0.25, 0.3) is 10.0 Å². The Morgan fingerprint density at radius 3 is 2.23 bits per heavy atom. The van der Waals surface area contributed by atoms with Crippen molar-refractivity contribution in [1.82, 2.24) is 9.19 Å². The molecular weight excluding hydrogens is 511 g/mol. The van der Waals surface area contributed by atoms with Gasteiger partial charge in [0.15, 0.2) is 5.75 Å². The van der Waals surface area contributed by atoms with Crippen molar-refractivity contribution in [2.45, 2.75) is 24.7 Å². The third kappa shape index (κ3) is 5.19. The molecule has 0 saturated carbocycles. The maximum atomic E-state index is 13.4. The molecule has 184 valence electrons. The molecule has 1 heterocycles. The van der Waals surface area contributed by atoms with Gasteiger partial charge in [0.05, 0.1) is 33.0 Å². The Balaban J connectivity index is 1.63. The van der Waals surface area contributed by atoms with E-state index in [1.807, 2.05) is 13.8 Å². The lowest BCUT2D eigenvalue weighted by atomic mass is 10.0. The van der Waals surface area contributed by atoms with Crippen LogP contribution < -0.4 is 14.2 Å². The topological polar surface area (TPSA) is 79.7 Å². The highest BCUT2D eigenvalue weighted by Gasteiger charge is 2.24. The van der Waals surface area contributed by atoms with Crippen molar-refractivity contribution in [2.75, 3.05) is 20.3 Å². The molecule has 0 aliphatic rings. The van der Waals surface area contributed by atoms with E-state index in [4.69, 9.17) is 37.4 Å². The van der Waals surface area contributed by atoms with Gasteiger partial charge >= 0.3 is 0 Å². The van der Waals surface area contributed by atoms with Gasteiger partial charge in [0, 0.05) is 0 Å². The molecule has 0 unspecified atom stereocenters. The molecule has 0 bridgehead atoms. The molecule has 7 nitrogen and oxygen atoms in total. The van der Waals surface area contributed by atoms with E-state index in [1.165, 1.54) is 7.11 Å². The first kappa shape index (κ1) is 25.2. The van der Waals surface area contributed by atoms with Crippen molar-refractivity contribution < 1.29 is 22.6 Å². The summed E-state index contributed by atoms with van der Waals surface area (Å²) in [7, 11) is -2.44. The smallest absolute Gasteiger partial charge is 0.283 e. The zero-order valence-corrected chi connectivity index (χ0v) is 21.7. The number of hydrogen-bond acceptors (Lipinski definition) is 6. The van der Waals surface area contributed by atoms with Crippen molar-refractivity contribution in [3.8, 4) is 17.4 Å². The second-order valence-corrected chi connectivity index (χ2v) is 10.6. The van der Waals surface area contributed by atoms with Gasteiger partial charge in [-0.2, -0.15) is 8.42 Å². The fourth-order valence-electron chi connectivity index (χ4n) is 3.49. The van der Waals surface area contributed by atoms with Gasteiger partial charge in [-0.1, -0.05) is 55.2 Å². The third-order valence-corrected chi connectivity index (χ3v) is 7.58. The Labute approximate surface area is 214 Å². The van der Waals surface area contributed by atoms with Crippen LogP contribution in [0.1, 0.15) is 25.3 Å². The molecule has 4 aromatic rings. The Hall–Kier alpha value is -2.94. The molecule has 0 N–H and O–H groups in total. The van der Waals surface area contributed by atoms with Crippen LogP contribution in [0, 0.1) is 0 Å². The predicted octanol–water partition coefficient (Wildman–Crippen LogP) is 6.17. The van der Waals surface area contributed by atoms with Gasteiger partial charge in [-0.25, -0.2) is 0 Å². The molecule has 35 heavy (non-hydrogen) atoms. The number of ether oxygens (including phenoxy) is 3. The average molecular weight is 535 g/mol. The molecular formula is C25H24Cl2N2O5S. The SMILES string of the molecule is COc1ccc2c(c1)c(OCCOc1c(Cl)cccc1Cl)nn2S(=O)(=O)c1ccc(C(C)C)cc1. The number of hydrogen-bond donors (Lipinski definition) is 0. The van der Waals surface area contributed by atoms with Crippen LogP contribution >= 0.6 is 23.2 Å². The Morgan fingerprint density at radius 1 is 0.943 bits per heavy atom. The summed E-state index contributed by atoms with van der Waals surface area (Å²) in [6, 6.07) is 16.8. The van der Waals surface area contributed by atoms with Gasteiger partial charge in [-0.05, 0) is 53.9 Å². The maximum absolute atomic E-state index is 13.4. The van der Waals surface area contributed by atoms with Crippen LogP contribution in [0.3, 0.4) is 0 Å². The Kier molecular flexibility index (Phi) is 7.44. The first-order valence-corrected chi connectivity index (χ1v) is 13.0. The largest absolute Gasteiger partial charge is 0.497 e. The van der Waals surface area contributed by atoms with Gasteiger partial charge in [-0.15, -0.1) is 9.19 Å². The van der Waals surface area contributed by atoms with Gasteiger partial charge in [0.1, 0.15) is 19.0 Å². The second-order valence-electron chi connectivity index (χ2n) is 8.01. The minimum Gasteiger partial charge on any atom is -0.497 e. The highest BCUT2D eigenvalue weighted by molar-refractivity contribution is 7.90. The van der Waals surface area contributed by atoms with Crippen molar-refractivity contribution in [1.29, 1.82) is 0 Å². The van der Waals surface area contributed by atoms with E-state index in [-0.39, 0.29) is 29.9 Å². The van der Waals surface area contributed by atoms with Crippen LogP contribution in [0.5, 0.6) is 17.4 Å². The van der Waals surface area contributed by atoms with Gasteiger partial charge in [-0.3, -0.25) is 0 Å². The number of halogens is 2. The minimum absolute atomic E-state index is 0.0774. The molecule has 3 aromatic carbocycles. The van der Waals surface area contributed by atoms with Gasteiger partial charge < -0.3 is 14.2 Å². The fourth-order valence-corrected chi connectivity index (χ4v) is 5.27. The summed E-state index contributed by atoms with van der Waals surface area (Å²) >= 11 is 12.3. The highest BCUT2D eigenvalue weighted by Crippen LogP contribution is 2.33. The van der Waals surface area contributed by atoms with Crippen molar-refractivity contribution in [2.24, 2.45) is 0 Å². The number of fused-ring (bicyclic) bond motifs is 1. The zero-order chi connectivity index (χ0) is 25.2. The molecule has 10 heteroatoms. The van der Waals surface area contributed by atoms with Crippen molar-refractivity contribution in [3.63, 3.8) is 0 Å².